The predicted molar refractivity (Wildman–Crippen MR) is 166 cm³/mol. The summed E-state index contributed by atoms with van der Waals surface area (Å²) in [5.74, 6) is 0.980. The van der Waals surface area contributed by atoms with Gasteiger partial charge in [-0.2, -0.15) is 0 Å². The van der Waals surface area contributed by atoms with Gasteiger partial charge in [0.15, 0.2) is 23.1 Å². The summed E-state index contributed by atoms with van der Waals surface area (Å²) < 4.78 is 13.8. The average molecular weight is 677 g/mol. The Bertz CT molecular complexity index is 1530. The third-order valence-corrected chi connectivity index (χ3v) is 9.55. The van der Waals surface area contributed by atoms with Crippen LogP contribution >= 0.6 is 31.9 Å². The number of methoxy groups -OCH3 is 1. The number of halogens is 2. The number of benzene rings is 3. The van der Waals surface area contributed by atoms with Crippen LogP contribution in [0.3, 0.4) is 0 Å². The summed E-state index contributed by atoms with van der Waals surface area (Å²) in [6.45, 7) is 1.01. The molecule has 3 aromatic carbocycles. The van der Waals surface area contributed by atoms with Gasteiger partial charge in [0.1, 0.15) is 6.61 Å². The van der Waals surface area contributed by atoms with E-state index in [-0.39, 0.29) is 11.6 Å². The van der Waals surface area contributed by atoms with E-state index in [1.54, 1.807) is 7.11 Å². The fourth-order valence-electron chi connectivity index (χ4n) is 6.32. The van der Waals surface area contributed by atoms with E-state index >= 15 is 0 Å². The molecule has 41 heavy (non-hydrogen) atoms. The van der Waals surface area contributed by atoms with Crippen molar-refractivity contribution in [2.24, 2.45) is 0 Å². The number of carbonyl (C=O) groups is 2. The zero-order chi connectivity index (χ0) is 28.5. The van der Waals surface area contributed by atoms with E-state index in [4.69, 9.17) is 9.47 Å². The molecular weight excluding hydrogens is 646 g/mol. The number of hydrogen-bond donors (Lipinski definition) is 0. The van der Waals surface area contributed by atoms with Gasteiger partial charge >= 0.3 is 0 Å². The van der Waals surface area contributed by atoms with Crippen molar-refractivity contribution in [1.82, 2.24) is 4.90 Å². The van der Waals surface area contributed by atoms with Gasteiger partial charge < -0.3 is 14.4 Å². The molecule has 2 aliphatic carbocycles. The van der Waals surface area contributed by atoms with E-state index < -0.39 is 5.92 Å². The molecule has 3 aromatic rings. The van der Waals surface area contributed by atoms with Crippen molar-refractivity contribution >= 4 is 43.4 Å². The lowest BCUT2D eigenvalue weighted by atomic mass is 9.71. The molecule has 0 aromatic heterocycles. The Morgan fingerprint density at radius 3 is 2.07 bits per heavy atom. The number of rotatable bonds is 7. The Hall–Kier alpha value is -3.16. The maximum absolute atomic E-state index is 13.7. The number of ether oxygens (including phenoxy) is 2. The van der Waals surface area contributed by atoms with E-state index in [1.165, 1.54) is 0 Å². The highest BCUT2D eigenvalue weighted by Crippen LogP contribution is 2.51. The second-order valence-electron chi connectivity index (χ2n) is 10.7. The molecule has 1 heterocycles. The van der Waals surface area contributed by atoms with E-state index in [0.717, 1.165) is 73.9 Å². The first-order valence-corrected chi connectivity index (χ1v) is 15.6. The van der Waals surface area contributed by atoms with Crippen molar-refractivity contribution in [3.8, 4) is 11.5 Å². The first-order chi connectivity index (χ1) is 20.0. The molecule has 0 spiro atoms. The first-order valence-electron chi connectivity index (χ1n) is 14.0. The standard InChI is InChI=1S/C34H31Br2NO4/c1-40-30-18-23(17-25(36)34(30)41-20-22-11-5-6-12-24(22)35)31-32-26(13-7-15-28(32)38)37(19-21-9-3-2-4-10-21)27-14-8-16-29(39)33(27)31/h2-6,9-12,17-18,31H,7-8,13-16,19-20H2,1H3. The molecule has 3 aliphatic rings. The van der Waals surface area contributed by atoms with Gasteiger partial charge in [-0.15, -0.1) is 0 Å². The van der Waals surface area contributed by atoms with Crippen molar-refractivity contribution in [3.05, 3.63) is 115 Å². The molecule has 5 nitrogen and oxygen atoms in total. The number of carbonyl (C=O) groups excluding carboxylic acids is 2. The number of ketones is 2. The summed E-state index contributed by atoms with van der Waals surface area (Å²) in [6, 6.07) is 22.2. The molecule has 6 rings (SSSR count). The van der Waals surface area contributed by atoms with Crippen molar-refractivity contribution < 1.29 is 19.1 Å². The minimum Gasteiger partial charge on any atom is -0.493 e. The highest BCUT2D eigenvalue weighted by Gasteiger charge is 2.43. The topological polar surface area (TPSA) is 55.8 Å². The minimum atomic E-state index is -0.421. The van der Waals surface area contributed by atoms with Gasteiger partial charge in [0.25, 0.3) is 0 Å². The Balaban J connectivity index is 1.45. The third-order valence-electron chi connectivity index (χ3n) is 8.18. The SMILES string of the molecule is COc1cc(C2C3=C(CCCC3=O)N(Cc3ccccc3)C3=C2C(=O)CCC3)cc(Br)c1OCc1ccccc1Br. The fraction of sp³-hybridized carbons (Fsp3) is 0.294. The van der Waals surface area contributed by atoms with Crippen LogP contribution in [0.5, 0.6) is 11.5 Å². The summed E-state index contributed by atoms with van der Waals surface area (Å²) >= 11 is 7.32. The maximum Gasteiger partial charge on any atom is 0.175 e. The molecule has 0 saturated heterocycles. The lowest BCUT2D eigenvalue weighted by molar-refractivity contribution is -0.117. The minimum absolute atomic E-state index is 0.128. The first kappa shape index (κ1) is 28.0. The summed E-state index contributed by atoms with van der Waals surface area (Å²) in [6.07, 6.45) is 4.28. The molecule has 0 saturated carbocycles. The largest absolute Gasteiger partial charge is 0.493 e. The van der Waals surface area contributed by atoms with E-state index in [0.29, 0.717) is 37.5 Å². The van der Waals surface area contributed by atoms with Crippen LogP contribution in [0, 0.1) is 0 Å². The van der Waals surface area contributed by atoms with Crippen LogP contribution in [0.2, 0.25) is 0 Å². The summed E-state index contributed by atoms with van der Waals surface area (Å²) in [5, 5.41) is 0. The lowest BCUT2D eigenvalue weighted by Crippen LogP contribution is -2.38. The van der Waals surface area contributed by atoms with Crippen LogP contribution in [0.15, 0.2) is 98.2 Å². The molecule has 0 unspecified atom stereocenters. The molecule has 0 N–H and O–H groups in total. The van der Waals surface area contributed by atoms with Gasteiger partial charge in [0.2, 0.25) is 0 Å². The van der Waals surface area contributed by atoms with Gasteiger partial charge in [0, 0.05) is 57.9 Å². The van der Waals surface area contributed by atoms with E-state index in [2.05, 4.69) is 48.9 Å². The molecular formula is C34H31Br2NO4. The third kappa shape index (κ3) is 5.42. The highest BCUT2D eigenvalue weighted by atomic mass is 79.9. The molecule has 0 amide bonds. The second kappa shape index (κ2) is 12.0. The number of nitrogens with zero attached hydrogens (tertiary/aromatic N) is 1. The van der Waals surface area contributed by atoms with Crippen LogP contribution < -0.4 is 9.47 Å². The van der Waals surface area contributed by atoms with Crippen LogP contribution in [-0.4, -0.2) is 23.6 Å². The quantitative estimate of drug-likeness (QED) is 0.252. The van der Waals surface area contributed by atoms with Crippen molar-refractivity contribution in [2.45, 2.75) is 57.6 Å². The fourth-order valence-corrected chi connectivity index (χ4v) is 7.29. The van der Waals surface area contributed by atoms with Gasteiger partial charge in [-0.3, -0.25) is 9.59 Å². The Labute approximate surface area is 257 Å². The molecule has 1 aliphatic heterocycles. The van der Waals surface area contributed by atoms with Crippen LogP contribution in [0.25, 0.3) is 0 Å². The van der Waals surface area contributed by atoms with Crippen LogP contribution in [0.4, 0.5) is 0 Å². The molecule has 210 valence electrons. The highest BCUT2D eigenvalue weighted by molar-refractivity contribution is 9.10. The molecule has 0 atom stereocenters. The zero-order valence-corrected chi connectivity index (χ0v) is 26.1. The van der Waals surface area contributed by atoms with E-state index in [1.807, 2.05) is 54.6 Å². The number of Topliss-reactive ketones (excluding diaryl/α,β-unsaturated/α-hetero) is 2. The van der Waals surface area contributed by atoms with Crippen LogP contribution in [0.1, 0.15) is 61.1 Å². The number of hydrogen-bond acceptors (Lipinski definition) is 5. The van der Waals surface area contributed by atoms with Gasteiger partial charge in [0.05, 0.1) is 11.6 Å². The summed E-state index contributed by atoms with van der Waals surface area (Å²) in [7, 11) is 1.62. The molecule has 0 fully saturated rings. The predicted octanol–water partition coefficient (Wildman–Crippen LogP) is 8.41. The lowest BCUT2D eigenvalue weighted by Gasteiger charge is -2.44. The smallest absolute Gasteiger partial charge is 0.175 e. The molecule has 0 bridgehead atoms. The molecule has 7 heteroatoms. The number of allylic oxidation sites excluding steroid dienone is 4. The Morgan fingerprint density at radius 1 is 0.805 bits per heavy atom. The van der Waals surface area contributed by atoms with Gasteiger partial charge in [-0.1, -0.05) is 64.5 Å². The Morgan fingerprint density at radius 2 is 1.44 bits per heavy atom. The molecule has 0 radical (unpaired) electrons. The summed E-state index contributed by atoms with van der Waals surface area (Å²) in [4.78, 5) is 29.7. The monoisotopic (exact) mass is 675 g/mol. The van der Waals surface area contributed by atoms with Crippen molar-refractivity contribution in [1.29, 1.82) is 0 Å². The maximum atomic E-state index is 13.7. The van der Waals surface area contributed by atoms with E-state index in [9.17, 15) is 9.59 Å². The van der Waals surface area contributed by atoms with Gasteiger partial charge in [-0.25, -0.2) is 0 Å². The summed E-state index contributed by atoms with van der Waals surface area (Å²) in [5.41, 5.74) is 6.69. The van der Waals surface area contributed by atoms with Crippen LogP contribution in [-0.2, 0) is 22.7 Å². The van der Waals surface area contributed by atoms with Crippen molar-refractivity contribution in [3.63, 3.8) is 0 Å². The van der Waals surface area contributed by atoms with Crippen molar-refractivity contribution in [2.75, 3.05) is 7.11 Å². The zero-order valence-electron chi connectivity index (χ0n) is 22.9. The second-order valence-corrected chi connectivity index (χ2v) is 12.4. The Kier molecular flexibility index (Phi) is 8.18. The normalized spacial score (nSPS) is 17.5. The van der Waals surface area contributed by atoms with Gasteiger partial charge in [-0.05, 0) is 70.9 Å². The average Bonchev–Trinajstić information content (AvgIpc) is 2.98.